The van der Waals surface area contributed by atoms with Crippen molar-refractivity contribution in [1.82, 2.24) is 19.9 Å². The molecule has 8 heteroatoms. The van der Waals surface area contributed by atoms with Gasteiger partial charge in [-0.2, -0.15) is 0 Å². The molecule has 2 N–H and O–H groups in total. The fourth-order valence-electron chi connectivity index (χ4n) is 3.67. The van der Waals surface area contributed by atoms with Gasteiger partial charge in [-0.15, -0.1) is 0 Å². The number of ether oxygens (including phenoxy) is 3. The molecule has 0 atom stereocenters. The van der Waals surface area contributed by atoms with Crippen molar-refractivity contribution < 1.29 is 19.0 Å². The highest BCUT2D eigenvalue weighted by molar-refractivity contribution is 6.19. The first-order valence-corrected chi connectivity index (χ1v) is 10.2. The summed E-state index contributed by atoms with van der Waals surface area (Å²) in [5.41, 5.74) is 4.28. The molecule has 0 radical (unpaired) electrons. The van der Waals surface area contributed by atoms with Crippen molar-refractivity contribution in [3.63, 3.8) is 0 Å². The van der Waals surface area contributed by atoms with E-state index in [0.29, 0.717) is 5.56 Å². The van der Waals surface area contributed by atoms with Crippen LogP contribution in [0.5, 0.6) is 5.88 Å². The van der Waals surface area contributed by atoms with E-state index in [-0.39, 0.29) is 18.6 Å². The van der Waals surface area contributed by atoms with Crippen molar-refractivity contribution in [3.8, 4) is 5.88 Å². The van der Waals surface area contributed by atoms with Gasteiger partial charge in [0.2, 0.25) is 5.88 Å². The standard InChI is InChI=1S/C22H26N4O4/c1-5-6-7-17-25-15-9-8-14-19(20(15)26-17)18-13(11-28-4)21(23-10-16(18)24-14)30-22(27)29-12(2)3/h8-10,12,24H,5-7,11H2,1-4H3,(H,25,26). The van der Waals surface area contributed by atoms with Crippen molar-refractivity contribution in [2.75, 3.05) is 7.11 Å². The predicted octanol–water partition coefficient (Wildman–Crippen LogP) is 5.01. The molecular formula is C22H26N4O4. The lowest BCUT2D eigenvalue weighted by atomic mass is 10.1. The largest absolute Gasteiger partial charge is 0.515 e. The Labute approximate surface area is 173 Å². The average Bonchev–Trinajstić information content (AvgIpc) is 3.28. The van der Waals surface area contributed by atoms with Crippen molar-refractivity contribution in [3.05, 3.63) is 29.7 Å². The Morgan fingerprint density at radius 3 is 2.67 bits per heavy atom. The van der Waals surface area contributed by atoms with Crippen LogP contribution in [0.4, 0.5) is 4.79 Å². The van der Waals surface area contributed by atoms with E-state index in [9.17, 15) is 4.79 Å². The zero-order chi connectivity index (χ0) is 21.3. The topological polar surface area (TPSA) is 102 Å². The number of methoxy groups -OCH3 is 1. The van der Waals surface area contributed by atoms with E-state index in [0.717, 1.165) is 57.9 Å². The number of hydrogen-bond acceptors (Lipinski definition) is 6. The van der Waals surface area contributed by atoms with Crippen molar-refractivity contribution in [2.45, 2.75) is 52.7 Å². The fraction of sp³-hybridized carbons (Fsp3) is 0.409. The van der Waals surface area contributed by atoms with E-state index >= 15 is 0 Å². The van der Waals surface area contributed by atoms with Gasteiger partial charge < -0.3 is 24.2 Å². The number of carbonyl (C=O) groups is 1. The minimum atomic E-state index is -0.791. The molecule has 0 aliphatic rings. The number of unbranched alkanes of at least 4 members (excludes halogenated alkanes) is 1. The molecule has 30 heavy (non-hydrogen) atoms. The number of pyridine rings is 1. The molecule has 0 saturated heterocycles. The molecule has 0 aliphatic heterocycles. The SMILES string of the molecule is CCCCc1nc2c(ccc3[nH]c4cnc(OC(=O)OC(C)C)c(COC)c4c32)[nH]1. The highest BCUT2D eigenvalue weighted by atomic mass is 16.7. The highest BCUT2D eigenvalue weighted by Gasteiger charge is 2.21. The van der Waals surface area contributed by atoms with Gasteiger partial charge in [-0.3, -0.25) is 0 Å². The van der Waals surface area contributed by atoms with Gasteiger partial charge in [0, 0.05) is 29.8 Å². The lowest BCUT2D eigenvalue weighted by molar-refractivity contribution is 0.0705. The minimum absolute atomic E-state index is 0.176. The number of aromatic amines is 2. The summed E-state index contributed by atoms with van der Waals surface area (Å²) in [6.45, 7) is 5.91. The Morgan fingerprint density at radius 1 is 1.13 bits per heavy atom. The van der Waals surface area contributed by atoms with Crippen LogP contribution in [0.25, 0.3) is 32.8 Å². The third kappa shape index (κ3) is 3.70. The zero-order valence-corrected chi connectivity index (χ0v) is 17.7. The van der Waals surface area contributed by atoms with Crippen LogP contribution < -0.4 is 4.74 Å². The maximum Gasteiger partial charge on any atom is 0.515 e. The summed E-state index contributed by atoms with van der Waals surface area (Å²) in [6.07, 6.45) is 3.66. The summed E-state index contributed by atoms with van der Waals surface area (Å²) in [6, 6.07) is 4.04. The Balaban J connectivity index is 1.91. The molecule has 0 spiro atoms. The number of fused-ring (bicyclic) bond motifs is 5. The van der Waals surface area contributed by atoms with Crippen molar-refractivity contribution >= 4 is 39.0 Å². The first kappa shape index (κ1) is 20.2. The van der Waals surface area contributed by atoms with E-state index in [4.69, 9.17) is 19.2 Å². The van der Waals surface area contributed by atoms with Gasteiger partial charge in [0.1, 0.15) is 5.82 Å². The molecule has 4 rings (SSSR count). The molecule has 158 valence electrons. The monoisotopic (exact) mass is 410 g/mol. The lowest BCUT2D eigenvalue weighted by Crippen LogP contribution is -2.17. The van der Waals surface area contributed by atoms with Gasteiger partial charge in [0.15, 0.2) is 0 Å². The quantitative estimate of drug-likeness (QED) is 0.416. The Bertz CT molecular complexity index is 1210. The molecule has 0 unspecified atom stereocenters. The molecular weight excluding hydrogens is 384 g/mol. The number of H-pyrrole nitrogens is 2. The predicted molar refractivity (Wildman–Crippen MR) is 115 cm³/mol. The Kier molecular flexibility index (Phi) is 5.59. The van der Waals surface area contributed by atoms with Crippen LogP contribution >= 0.6 is 0 Å². The van der Waals surface area contributed by atoms with Gasteiger partial charge in [-0.1, -0.05) is 13.3 Å². The van der Waals surface area contributed by atoms with Gasteiger partial charge in [-0.25, -0.2) is 14.8 Å². The van der Waals surface area contributed by atoms with Crippen LogP contribution in [0.2, 0.25) is 0 Å². The molecule has 0 amide bonds. The van der Waals surface area contributed by atoms with Crippen LogP contribution in [0.3, 0.4) is 0 Å². The molecule has 0 saturated carbocycles. The van der Waals surface area contributed by atoms with Crippen LogP contribution in [-0.2, 0) is 22.5 Å². The summed E-state index contributed by atoms with van der Waals surface area (Å²) >= 11 is 0. The smallest absolute Gasteiger partial charge is 0.431 e. The van der Waals surface area contributed by atoms with Crippen molar-refractivity contribution in [2.24, 2.45) is 0 Å². The summed E-state index contributed by atoms with van der Waals surface area (Å²) < 4.78 is 15.9. The number of nitrogens with zero attached hydrogens (tertiary/aromatic N) is 2. The maximum absolute atomic E-state index is 12.1. The molecule has 1 aromatic carbocycles. The minimum Gasteiger partial charge on any atom is -0.431 e. The number of imidazole rings is 1. The van der Waals surface area contributed by atoms with Crippen LogP contribution in [0, 0.1) is 0 Å². The second-order valence-corrected chi connectivity index (χ2v) is 7.58. The lowest BCUT2D eigenvalue weighted by Gasteiger charge is -2.11. The summed E-state index contributed by atoms with van der Waals surface area (Å²) in [5, 5.41) is 1.84. The molecule has 0 fully saturated rings. The molecule has 8 nitrogen and oxygen atoms in total. The fourth-order valence-corrected chi connectivity index (χ4v) is 3.67. The van der Waals surface area contributed by atoms with Gasteiger partial charge in [0.05, 0.1) is 41.0 Å². The summed E-state index contributed by atoms with van der Waals surface area (Å²) in [7, 11) is 1.59. The first-order chi connectivity index (χ1) is 14.5. The van der Waals surface area contributed by atoms with Crippen LogP contribution in [0.15, 0.2) is 18.3 Å². The third-order valence-electron chi connectivity index (χ3n) is 4.93. The maximum atomic E-state index is 12.1. The second kappa shape index (κ2) is 8.31. The molecule has 0 aliphatic carbocycles. The number of hydrogen-bond donors (Lipinski definition) is 2. The van der Waals surface area contributed by atoms with Gasteiger partial charge in [-0.05, 0) is 32.4 Å². The summed E-state index contributed by atoms with van der Waals surface area (Å²) in [4.78, 5) is 28.1. The van der Waals surface area contributed by atoms with E-state index in [1.165, 1.54) is 0 Å². The summed E-state index contributed by atoms with van der Waals surface area (Å²) in [5.74, 6) is 1.14. The normalized spacial score (nSPS) is 11.8. The third-order valence-corrected chi connectivity index (χ3v) is 4.93. The van der Waals surface area contributed by atoms with E-state index in [1.807, 2.05) is 12.1 Å². The van der Waals surface area contributed by atoms with E-state index in [2.05, 4.69) is 21.9 Å². The Morgan fingerprint density at radius 2 is 1.93 bits per heavy atom. The molecule has 0 bridgehead atoms. The first-order valence-electron chi connectivity index (χ1n) is 10.2. The number of aromatic nitrogens is 4. The number of aryl methyl sites for hydroxylation is 1. The van der Waals surface area contributed by atoms with Gasteiger partial charge in [0.25, 0.3) is 0 Å². The highest BCUT2D eigenvalue weighted by Crippen LogP contribution is 2.36. The van der Waals surface area contributed by atoms with Gasteiger partial charge >= 0.3 is 6.16 Å². The number of benzene rings is 1. The molecule has 4 aromatic rings. The van der Waals surface area contributed by atoms with E-state index < -0.39 is 6.16 Å². The Hall–Kier alpha value is -3.13. The van der Waals surface area contributed by atoms with Crippen LogP contribution in [0.1, 0.15) is 45.0 Å². The zero-order valence-electron chi connectivity index (χ0n) is 17.7. The molecule has 3 aromatic heterocycles. The second-order valence-electron chi connectivity index (χ2n) is 7.58. The number of nitrogens with one attached hydrogen (secondary N) is 2. The van der Waals surface area contributed by atoms with Crippen molar-refractivity contribution in [1.29, 1.82) is 0 Å². The average molecular weight is 410 g/mol. The van der Waals surface area contributed by atoms with E-state index in [1.54, 1.807) is 27.2 Å². The number of carbonyl (C=O) groups excluding carboxylic acids is 1. The van der Waals surface area contributed by atoms with Crippen LogP contribution in [-0.4, -0.2) is 39.3 Å². The number of rotatable bonds is 7. The molecule has 3 heterocycles.